The van der Waals surface area contributed by atoms with Gasteiger partial charge in [0.05, 0.1) is 10.0 Å². The summed E-state index contributed by atoms with van der Waals surface area (Å²) in [5.74, 6) is 0.927. The molecular weight excluding hydrogens is 162 g/mol. The Morgan fingerprint density at radius 1 is 2.00 bits per heavy atom. The standard InChI is InChI=1S/C3H4BrNS/c4-3-1-5-2-6-3/h1,3H,2H2. The third kappa shape index (κ3) is 0.980. The maximum absolute atomic E-state index is 3.96. The van der Waals surface area contributed by atoms with Gasteiger partial charge in [-0.25, -0.2) is 0 Å². The van der Waals surface area contributed by atoms with Gasteiger partial charge in [-0.2, -0.15) is 0 Å². The van der Waals surface area contributed by atoms with Crippen LogP contribution in [0.15, 0.2) is 4.99 Å². The summed E-state index contributed by atoms with van der Waals surface area (Å²) in [7, 11) is 0. The summed E-state index contributed by atoms with van der Waals surface area (Å²) in [5, 5.41) is 0. The van der Waals surface area contributed by atoms with Gasteiger partial charge in [0.1, 0.15) is 0 Å². The summed E-state index contributed by atoms with van der Waals surface area (Å²) in [6.45, 7) is 0. The van der Waals surface area contributed by atoms with E-state index in [1.54, 1.807) is 11.8 Å². The number of thioether (sulfide) groups is 1. The second kappa shape index (κ2) is 1.98. The van der Waals surface area contributed by atoms with E-state index in [0.29, 0.717) is 4.16 Å². The molecule has 1 aliphatic rings. The number of hydrogen-bond acceptors (Lipinski definition) is 2. The Morgan fingerprint density at radius 2 is 2.83 bits per heavy atom. The molecule has 1 aliphatic heterocycles. The van der Waals surface area contributed by atoms with Crippen molar-refractivity contribution in [2.24, 2.45) is 4.99 Å². The van der Waals surface area contributed by atoms with Crippen LogP contribution in [0.25, 0.3) is 0 Å². The van der Waals surface area contributed by atoms with Crippen LogP contribution in [0.3, 0.4) is 0 Å². The Hall–Kier alpha value is 0.500. The van der Waals surface area contributed by atoms with Crippen LogP contribution in [0.5, 0.6) is 0 Å². The molecule has 0 bridgehead atoms. The molecule has 1 heterocycles. The van der Waals surface area contributed by atoms with Crippen LogP contribution < -0.4 is 0 Å². The number of alkyl halides is 1. The van der Waals surface area contributed by atoms with Gasteiger partial charge in [0, 0.05) is 6.21 Å². The van der Waals surface area contributed by atoms with Crippen molar-refractivity contribution < 1.29 is 0 Å². The lowest BCUT2D eigenvalue weighted by Crippen LogP contribution is -1.80. The van der Waals surface area contributed by atoms with E-state index in [2.05, 4.69) is 20.9 Å². The summed E-state index contributed by atoms with van der Waals surface area (Å²) in [6.07, 6.45) is 1.91. The van der Waals surface area contributed by atoms with E-state index in [4.69, 9.17) is 0 Å². The fourth-order valence-corrected chi connectivity index (χ4v) is 1.29. The number of aliphatic imine (C=N–C) groups is 1. The second-order valence-electron chi connectivity index (χ2n) is 0.979. The van der Waals surface area contributed by atoms with Crippen molar-refractivity contribution in [3.63, 3.8) is 0 Å². The summed E-state index contributed by atoms with van der Waals surface area (Å²) in [5.41, 5.74) is 0. The SMILES string of the molecule is BrC1C=NCS1. The van der Waals surface area contributed by atoms with E-state index in [1.165, 1.54) is 0 Å². The molecule has 0 spiro atoms. The van der Waals surface area contributed by atoms with Gasteiger partial charge < -0.3 is 0 Å². The minimum absolute atomic E-state index is 0.484. The lowest BCUT2D eigenvalue weighted by atomic mass is 10.9. The average molecular weight is 166 g/mol. The molecule has 0 aromatic heterocycles. The first-order valence-corrected chi connectivity index (χ1v) is 3.61. The van der Waals surface area contributed by atoms with Crippen LogP contribution in [-0.4, -0.2) is 16.3 Å². The Kier molecular flexibility index (Phi) is 1.54. The molecular formula is C3H4BrNS. The van der Waals surface area contributed by atoms with Crippen molar-refractivity contribution in [2.75, 3.05) is 5.88 Å². The summed E-state index contributed by atoms with van der Waals surface area (Å²) in [4.78, 5) is 3.96. The molecule has 0 saturated carbocycles. The third-order valence-corrected chi connectivity index (χ3v) is 2.30. The molecule has 0 aromatic rings. The highest BCUT2D eigenvalue weighted by Gasteiger charge is 2.02. The van der Waals surface area contributed by atoms with E-state index in [1.807, 2.05) is 6.21 Å². The first kappa shape index (κ1) is 4.65. The van der Waals surface area contributed by atoms with Crippen LogP contribution in [0.1, 0.15) is 0 Å². The van der Waals surface area contributed by atoms with Crippen molar-refractivity contribution in [2.45, 2.75) is 4.16 Å². The summed E-state index contributed by atoms with van der Waals surface area (Å²) >= 11 is 5.14. The molecule has 0 N–H and O–H groups in total. The van der Waals surface area contributed by atoms with Gasteiger partial charge in [0.2, 0.25) is 0 Å². The minimum atomic E-state index is 0.484. The maximum Gasteiger partial charge on any atom is 0.0964 e. The monoisotopic (exact) mass is 165 g/mol. The van der Waals surface area contributed by atoms with Gasteiger partial charge in [0.25, 0.3) is 0 Å². The van der Waals surface area contributed by atoms with Crippen LogP contribution in [-0.2, 0) is 0 Å². The predicted molar refractivity (Wildman–Crippen MR) is 33.7 cm³/mol. The van der Waals surface area contributed by atoms with Crippen molar-refractivity contribution in [3.8, 4) is 0 Å². The highest BCUT2D eigenvalue weighted by molar-refractivity contribution is 9.11. The van der Waals surface area contributed by atoms with E-state index in [0.717, 1.165) is 5.88 Å². The molecule has 0 aliphatic carbocycles. The van der Waals surface area contributed by atoms with E-state index in [-0.39, 0.29) is 0 Å². The Morgan fingerprint density at radius 3 is 3.00 bits per heavy atom. The Balaban J connectivity index is 2.38. The topological polar surface area (TPSA) is 12.4 Å². The first-order valence-electron chi connectivity index (χ1n) is 1.65. The van der Waals surface area contributed by atoms with Gasteiger partial charge >= 0.3 is 0 Å². The molecule has 6 heavy (non-hydrogen) atoms. The number of rotatable bonds is 0. The van der Waals surface area contributed by atoms with Crippen LogP contribution in [0, 0.1) is 0 Å². The highest BCUT2D eigenvalue weighted by atomic mass is 79.9. The van der Waals surface area contributed by atoms with Crippen molar-refractivity contribution in [1.82, 2.24) is 0 Å². The zero-order valence-corrected chi connectivity index (χ0v) is 5.50. The van der Waals surface area contributed by atoms with Crippen LogP contribution >= 0.6 is 27.7 Å². The second-order valence-corrected chi connectivity index (χ2v) is 3.67. The van der Waals surface area contributed by atoms with Crippen molar-refractivity contribution in [3.05, 3.63) is 0 Å². The number of halogens is 1. The lowest BCUT2D eigenvalue weighted by Gasteiger charge is -1.84. The summed E-state index contributed by atoms with van der Waals surface area (Å²) in [6, 6.07) is 0. The van der Waals surface area contributed by atoms with E-state index < -0.39 is 0 Å². The molecule has 0 amide bonds. The zero-order chi connectivity index (χ0) is 4.41. The fraction of sp³-hybridized carbons (Fsp3) is 0.667. The number of hydrogen-bond donors (Lipinski definition) is 0. The Labute approximate surface area is 49.3 Å². The normalized spacial score (nSPS) is 31.8. The fourth-order valence-electron chi connectivity index (χ4n) is 0.283. The maximum atomic E-state index is 3.96. The molecule has 3 heteroatoms. The molecule has 34 valence electrons. The predicted octanol–water partition coefficient (Wildman–Crippen LogP) is 1.48. The lowest BCUT2D eigenvalue weighted by molar-refractivity contribution is 1.43. The van der Waals surface area contributed by atoms with Crippen molar-refractivity contribution >= 4 is 33.9 Å². The molecule has 1 atom stereocenters. The van der Waals surface area contributed by atoms with Crippen molar-refractivity contribution in [1.29, 1.82) is 0 Å². The van der Waals surface area contributed by atoms with Crippen LogP contribution in [0.2, 0.25) is 0 Å². The van der Waals surface area contributed by atoms with Gasteiger partial charge in [-0.1, -0.05) is 15.9 Å². The van der Waals surface area contributed by atoms with E-state index in [9.17, 15) is 0 Å². The van der Waals surface area contributed by atoms with Gasteiger partial charge in [0.15, 0.2) is 0 Å². The molecule has 0 fully saturated rings. The number of nitrogens with zero attached hydrogens (tertiary/aromatic N) is 1. The highest BCUT2D eigenvalue weighted by Crippen LogP contribution is 2.19. The molecule has 0 radical (unpaired) electrons. The van der Waals surface area contributed by atoms with Gasteiger partial charge in [-0.3, -0.25) is 4.99 Å². The van der Waals surface area contributed by atoms with Crippen LogP contribution in [0.4, 0.5) is 0 Å². The summed E-state index contributed by atoms with van der Waals surface area (Å²) < 4.78 is 0.484. The molecule has 1 unspecified atom stereocenters. The molecule has 1 rings (SSSR count). The quantitative estimate of drug-likeness (QED) is 0.496. The molecule has 0 aromatic carbocycles. The Bertz CT molecular complexity index is 73.2. The minimum Gasteiger partial charge on any atom is -0.285 e. The molecule has 0 saturated heterocycles. The largest absolute Gasteiger partial charge is 0.285 e. The third-order valence-electron chi connectivity index (χ3n) is 0.531. The first-order chi connectivity index (χ1) is 2.89. The molecule has 1 nitrogen and oxygen atoms in total. The zero-order valence-electron chi connectivity index (χ0n) is 3.10. The van der Waals surface area contributed by atoms with Gasteiger partial charge in [-0.05, 0) is 0 Å². The van der Waals surface area contributed by atoms with Gasteiger partial charge in [-0.15, -0.1) is 11.8 Å². The smallest absolute Gasteiger partial charge is 0.0964 e. The van der Waals surface area contributed by atoms with E-state index >= 15 is 0 Å². The average Bonchev–Trinajstić information content (AvgIpc) is 1.86.